The Morgan fingerprint density at radius 3 is 2.95 bits per heavy atom. The van der Waals surface area contributed by atoms with Gasteiger partial charge >= 0.3 is 0 Å². The molecule has 0 radical (unpaired) electrons. The number of nitrogens with one attached hydrogen (secondary N) is 1. The van der Waals surface area contributed by atoms with E-state index in [0.717, 1.165) is 5.75 Å². The summed E-state index contributed by atoms with van der Waals surface area (Å²) >= 11 is 0. The summed E-state index contributed by atoms with van der Waals surface area (Å²) in [6, 6.07) is 9.34. The van der Waals surface area contributed by atoms with Gasteiger partial charge in [-0.3, -0.25) is 4.79 Å². The van der Waals surface area contributed by atoms with Crippen molar-refractivity contribution in [1.82, 2.24) is 5.32 Å². The molecule has 0 aromatic heterocycles. The molecule has 0 saturated carbocycles. The van der Waals surface area contributed by atoms with Crippen molar-refractivity contribution in [2.75, 3.05) is 19.8 Å². The van der Waals surface area contributed by atoms with Crippen LogP contribution in [0.2, 0.25) is 0 Å². The molecule has 0 aliphatic carbocycles. The van der Waals surface area contributed by atoms with E-state index >= 15 is 0 Å². The molecule has 1 amide bonds. The highest BCUT2D eigenvalue weighted by Gasteiger charge is 2.24. The smallest absolute Gasteiger partial charge is 0.220 e. The maximum atomic E-state index is 11.7. The third kappa shape index (κ3) is 4.83. The van der Waals surface area contributed by atoms with Crippen LogP contribution >= 0.6 is 0 Å². The van der Waals surface area contributed by atoms with Crippen LogP contribution in [0.25, 0.3) is 0 Å². The van der Waals surface area contributed by atoms with Gasteiger partial charge in [-0.05, 0) is 25.0 Å². The zero-order valence-electron chi connectivity index (χ0n) is 11.5. The number of hydrogen-bond donors (Lipinski definition) is 2. The summed E-state index contributed by atoms with van der Waals surface area (Å²) < 4.78 is 10.6. The predicted octanol–water partition coefficient (Wildman–Crippen LogP) is 1.11. The van der Waals surface area contributed by atoms with Crippen LogP contribution in [-0.4, -0.2) is 43.0 Å². The molecule has 2 N–H and O–H groups in total. The number of benzene rings is 1. The fraction of sp³-hybridized carbons (Fsp3) is 0.533. The quantitative estimate of drug-likeness (QED) is 0.766. The van der Waals surface area contributed by atoms with Crippen molar-refractivity contribution in [3.8, 4) is 5.75 Å². The van der Waals surface area contributed by atoms with Gasteiger partial charge in [0, 0.05) is 13.0 Å². The lowest BCUT2D eigenvalue weighted by Crippen LogP contribution is -2.48. The summed E-state index contributed by atoms with van der Waals surface area (Å²) in [4.78, 5) is 11.7. The molecule has 5 nitrogen and oxygen atoms in total. The summed E-state index contributed by atoms with van der Waals surface area (Å²) in [5.74, 6) is 0.764. The van der Waals surface area contributed by atoms with Crippen LogP contribution in [0.15, 0.2) is 30.3 Å². The maximum absolute atomic E-state index is 11.7. The monoisotopic (exact) mass is 279 g/mol. The van der Waals surface area contributed by atoms with E-state index in [1.54, 1.807) is 0 Å². The third-order valence-corrected chi connectivity index (χ3v) is 3.23. The molecular weight excluding hydrogens is 258 g/mol. The molecule has 2 rings (SSSR count). The number of carbonyl (C=O) groups is 1. The number of aliphatic hydroxyl groups excluding tert-OH is 1. The molecule has 1 aromatic rings. The Bertz CT molecular complexity index is 410. The molecule has 1 aliphatic heterocycles. The molecule has 1 saturated heterocycles. The van der Waals surface area contributed by atoms with E-state index in [2.05, 4.69) is 5.32 Å². The first-order chi connectivity index (χ1) is 9.75. The lowest BCUT2D eigenvalue weighted by molar-refractivity contribution is -0.124. The van der Waals surface area contributed by atoms with Crippen LogP contribution in [0.1, 0.15) is 19.3 Å². The molecule has 2 atom stereocenters. The minimum absolute atomic E-state index is 0.0485. The average molecular weight is 279 g/mol. The van der Waals surface area contributed by atoms with Crippen LogP contribution < -0.4 is 10.1 Å². The number of rotatable bonds is 6. The zero-order chi connectivity index (χ0) is 14.2. The van der Waals surface area contributed by atoms with Crippen molar-refractivity contribution in [3.05, 3.63) is 30.3 Å². The highest BCUT2D eigenvalue weighted by molar-refractivity contribution is 5.76. The third-order valence-electron chi connectivity index (χ3n) is 3.23. The number of aliphatic hydroxyl groups is 1. The van der Waals surface area contributed by atoms with Crippen molar-refractivity contribution in [3.63, 3.8) is 0 Å². The van der Waals surface area contributed by atoms with Gasteiger partial charge in [0.05, 0.1) is 25.4 Å². The SMILES string of the molecule is O=C(CCCOc1ccccc1)N[C@@H]1CCOC[C@H]1O. The van der Waals surface area contributed by atoms with Crippen LogP contribution in [0.3, 0.4) is 0 Å². The second-order valence-electron chi connectivity index (χ2n) is 4.87. The van der Waals surface area contributed by atoms with Gasteiger partial charge in [0.15, 0.2) is 0 Å². The molecule has 5 heteroatoms. The lowest BCUT2D eigenvalue weighted by atomic mass is 10.1. The fourth-order valence-corrected chi connectivity index (χ4v) is 2.11. The molecule has 0 spiro atoms. The van der Waals surface area contributed by atoms with Crippen molar-refractivity contribution in [2.45, 2.75) is 31.4 Å². The molecule has 1 heterocycles. The Labute approximate surface area is 118 Å². The standard InChI is InChI=1S/C15H21NO4/c17-14-11-19-10-8-13(14)16-15(18)7-4-9-20-12-5-2-1-3-6-12/h1-3,5-6,13-14,17H,4,7-11H2,(H,16,18)/t13-,14-/m1/s1. The second kappa shape index (κ2) is 7.87. The minimum atomic E-state index is -0.603. The Balaban J connectivity index is 1.60. The van der Waals surface area contributed by atoms with E-state index in [4.69, 9.17) is 9.47 Å². The van der Waals surface area contributed by atoms with E-state index < -0.39 is 6.10 Å². The van der Waals surface area contributed by atoms with Crippen LogP contribution in [-0.2, 0) is 9.53 Å². The van der Waals surface area contributed by atoms with Crippen molar-refractivity contribution >= 4 is 5.91 Å². The number of carbonyl (C=O) groups excluding carboxylic acids is 1. The van der Waals surface area contributed by atoms with Gasteiger partial charge in [-0.25, -0.2) is 0 Å². The van der Waals surface area contributed by atoms with Crippen LogP contribution in [0.4, 0.5) is 0 Å². The van der Waals surface area contributed by atoms with E-state index in [0.29, 0.717) is 39.1 Å². The number of amides is 1. The topological polar surface area (TPSA) is 67.8 Å². The number of ether oxygens (including phenoxy) is 2. The van der Waals surface area contributed by atoms with Crippen molar-refractivity contribution in [1.29, 1.82) is 0 Å². The molecular formula is C15H21NO4. The van der Waals surface area contributed by atoms with E-state index in [1.807, 2.05) is 30.3 Å². The van der Waals surface area contributed by atoms with E-state index in [1.165, 1.54) is 0 Å². The molecule has 110 valence electrons. The summed E-state index contributed by atoms with van der Waals surface area (Å²) in [6.07, 6.45) is 1.11. The Kier molecular flexibility index (Phi) is 5.83. The van der Waals surface area contributed by atoms with Gasteiger partial charge in [0.25, 0.3) is 0 Å². The fourth-order valence-electron chi connectivity index (χ4n) is 2.11. The zero-order valence-corrected chi connectivity index (χ0v) is 11.5. The highest BCUT2D eigenvalue weighted by atomic mass is 16.5. The van der Waals surface area contributed by atoms with Crippen LogP contribution in [0.5, 0.6) is 5.75 Å². The Morgan fingerprint density at radius 1 is 1.40 bits per heavy atom. The minimum Gasteiger partial charge on any atom is -0.494 e. The first kappa shape index (κ1) is 14.8. The highest BCUT2D eigenvalue weighted by Crippen LogP contribution is 2.10. The molecule has 0 bridgehead atoms. The Morgan fingerprint density at radius 2 is 2.20 bits per heavy atom. The van der Waals surface area contributed by atoms with Gasteiger partial charge < -0.3 is 19.9 Å². The van der Waals surface area contributed by atoms with Crippen molar-refractivity contribution in [2.24, 2.45) is 0 Å². The lowest BCUT2D eigenvalue weighted by Gasteiger charge is -2.28. The van der Waals surface area contributed by atoms with E-state index in [-0.39, 0.29) is 11.9 Å². The molecule has 1 fully saturated rings. The second-order valence-corrected chi connectivity index (χ2v) is 4.87. The molecule has 1 aromatic carbocycles. The van der Waals surface area contributed by atoms with Gasteiger partial charge in [0.1, 0.15) is 5.75 Å². The largest absolute Gasteiger partial charge is 0.494 e. The van der Waals surface area contributed by atoms with Gasteiger partial charge in [-0.15, -0.1) is 0 Å². The summed E-state index contributed by atoms with van der Waals surface area (Å²) in [7, 11) is 0. The normalized spacial score (nSPS) is 22.2. The predicted molar refractivity (Wildman–Crippen MR) is 74.5 cm³/mol. The Hall–Kier alpha value is -1.59. The first-order valence-electron chi connectivity index (χ1n) is 6.99. The molecule has 0 unspecified atom stereocenters. The maximum Gasteiger partial charge on any atom is 0.220 e. The van der Waals surface area contributed by atoms with Gasteiger partial charge in [0.2, 0.25) is 5.91 Å². The summed E-state index contributed by atoms with van der Waals surface area (Å²) in [6.45, 7) is 1.38. The number of hydrogen-bond acceptors (Lipinski definition) is 4. The summed E-state index contributed by atoms with van der Waals surface area (Å²) in [5, 5.41) is 12.5. The van der Waals surface area contributed by atoms with Gasteiger partial charge in [-0.2, -0.15) is 0 Å². The number of para-hydroxylation sites is 1. The van der Waals surface area contributed by atoms with E-state index in [9.17, 15) is 9.90 Å². The van der Waals surface area contributed by atoms with Crippen molar-refractivity contribution < 1.29 is 19.4 Å². The first-order valence-corrected chi connectivity index (χ1v) is 6.99. The van der Waals surface area contributed by atoms with Crippen LogP contribution in [0, 0.1) is 0 Å². The average Bonchev–Trinajstić information content (AvgIpc) is 2.47. The summed E-state index contributed by atoms with van der Waals surface area (Å²) in [5.41, 5.74) is 0. The molecule has 20 heavy (non-hydrogen) atoms. The molecule has 1 aliphatic rings. The van der Waals surface area contributed by atoms with Gasteiger partial charge in [-0.1, -0.05) is 18.2 Å².